The first-order valence-corrected chi connectivity index (χ1v) is 20.8. The van der Waals surface area contributed by atoms with E-state index in [0.29, 0.717) is 0 Å². The largest absolute Gasteiger partial charge is 0.309 e. The number of hydrogen-bond donors (Lipinski definition) is 0. The molecule has 284 valence electrons. The molecule has 4 aromatic heterocycles. The van der Waals surface area contributed by atoms with Crippen LogP contribution in [0.15, 0.2) is 212 Å². The van der Waals surface area contributed by atoms with Crippen LogP contribution in [0.25, 0.3) is 116 Å². The van der Waals surface area contributed by atoms with E-state index in [2.05, 4.69) is 220 Å². The number of imidazole rings is 1. The minimum atomic E-state index is 0.868. The summed E-state index contributed by atoms with van der Waals surface area (Å²) in [6.45, 7) is 0. The smallest absolute Gasteiger partial charge is 0.149 e. The minimum Gasteiger partial charge on any atom is -0.309 e. The second-order valence-corrected chi connectivity index (χ2v) is 15.8. The van der Waals surface area contributed by atoms with Crippen LogP contribution in [0.2, 0.25) is 0 Å². The molecule has 4 heterocycles. The molecule has 0 aliphatic carbocycles. The van der Waals surface area contributed by atoms with E-state index < -0.39 is 0 Å². The third kappa shape index (κ3) is 5.08. The first-order chi connectivity index (χ1) is 30.3. The monoisotopic (exact) mass is 777 g/mol. The lowest BCUT2D eigenvalue weighted by Gasteiger charge is -2.16. The molecule has 0 atom stereocenters. The zero-order valence-electron chi connectivity index (χ0n) is 32.9. The topological polar surface area (TPSA) is 40.0 Å². The molecule has 0 bridgehead atoms. The Kier molecular flexibility index (Phi) is 7.24. The number of hydrogen-bond acceptors (Lipinski definition) is 2. The zero-order valence-corrected chi connectivity index (χ0v) is 32.9. The molecule has 0 saturated carbocycles. The Bertz CT molecular complexity index is 3750. The van der Waals surface area contributed by atoms with Gasteiger partial charge in [-0.15, -0.1) is 0 Å². The molecule has 5 heteroatoms. The zero-order chi connectivity index (χ0) is 40.0. The van der Waals surface area contributed by atoms with Crippen molar-refractivity contribution in [2.24, 2.45) is 0 Å². The molecule has 0 saturated heterocycles. The normalized spacial score (nSPS) is 11.9. The summed E-state index contributed by atoms with van der Waals surface area (Å²) in [7, 11) is 0. The first kappa shape index (κ1) is 33.7. The van der Waals surface area contributed by atoms with Crippen LogP contribution in [-0.4, -0.2) is 23.5 Å². The van der Waals surface area contributed by atoms with Crippen LogP contribution in [-0.2, 0) is 0 Å². The highest BCUT2D eigenvalue weighted by molar-refractivity contribution is 6.10. The summed E-state index contributed by atoms with van der Waals surface area (Å²) in [5.41, 5.74) is 16.3. The summed E-state index contributed by atoms with van der Waals surface area (Å²) in [5.74, 6) is 0.868. The standard InChI is InChI=1S/C56H35N5/c1-2-14-38(15-3-1)55-58-49-35-46(37-28-32-40(33-29-37)60-52-23-11-6-18-43(52)44-19-7-12-24-53(44)60)45(34-47(49)56-57-48-20-8-13-25-54(48)61(55)56)36-26-30-39(31-27-36)59-50-21-9-4-16-41(50)42-17-5-10-22-51(42)59/h1-35H. The van der Waals surface area contributed by atoms with Crippen LogP contribution in [0.1, 0.15) is 0 Å². The van der Waals surface area contributed by atoms with E-state index in [1.165, 1.54) is 43.6 Å². The number of aromatic nitrogens is 5. The molecule has 0 fully saturated rings. The summed E-state index contributed by atoms with van der Waals surface area (Å²) in [6, 6.07) is 76.1. The Balaban J connectivity index is 1.04. The van der Waals surface area contributed by atoms with Gasteiger partial charge < -0.3 is 9.13 Å². The van der Waals surface area contributed by atoms with Gasteiger partial charge in [-0.25, -0.2) is 9.97 Å². The van der Waals surface area contributed by atoms with Gasteiger partial charge in [0.05, 0.1) is 38.6 Å². The Labute approximate surface area is 350 Å². The van der Waals surface area contributed by atoms with Crippen molar-refractivity contribution in [1.29, 1.82) is 0 Å². The molecule has 0 N–H and O–H groups in total. The SMILES string of the molecule is c1ccc(-c2nc3cc(-c4ccc(-n5c6ccccc6c6ccccc65)cc4)c(-c4ccc(-n5c6ccccc6c6ccccc65)cc4)cc3c3nc4ccccc4n23)cc1. The molecule has 0 unspecified atom stereocenters. The molecule has 61 heavy (non-hydrogen) atoms. The van der Waals surface area contributed by atoms with Crippen molar-refractivity contribution in [1.82, 2.24) is 23.5 Å². The fourth-order valence-corrected chi connectivity index (χ4v) is 9.69. The Morgan fingerprint density at radius 2 is 0.721 bits per heavy atom. The third-order valence-electron chi connectivity index (χ3n) is 12.4. The van der Waals surface area contributed by atoms with Crippen LogP contribution in [0, 0.1) is 0 Å². The van der Waals surface area contributed by atoms with Gasteiger partial charge in [0.15, 0.2) is 0 Å². The predicted octanol–water partition coefficient (Wildman–Crippen LogP) is 14.2. The molecule has 0 spiro atoms. The molecule has 0 aliphatic heterocycles. The van der Waals surface area contributed by atoms with Crippen molar-refractivity contribution in [3.05, 3.63) is 212 Å². The van der Waals surface area contributed by atoms with E-state index in [1.807, 2.05) is 6.07 Å². The van der Waals surface area contributed by atoms with Crippen molar-refractivity contribution in [2.75, 3.05) is 0 Å². The summed E-state index contributed by atoms with van der Waals surface area (Å²) in [5, 5.41) is 6.01. The van der Waals surface area contributed by atoms with Crippen molar-refractivity contribution >= 4 is 71.2 Å². The highest BCUT2D eigenvalue weighted by atomic mass is 15.1. The predicted molar refractivity (Wildman–Crippen MR) is 253 cm³/mol. The number of benzene rings is 9. The van der Waals surface area contributed by atoms with Gasteiger partial charge in [-0.05, 0) is 95.1 Å². The van der Waals surface area contributed by atoms with Crippen LogP contribution in [0.5, 0.6) is 0 Å². The summed E-state index contributed by atoms with van der Waals surface area (Å²) in [6.07, 6.45) is 0. The fourth-order valence-electron chi connectivity index (χ4n) is 9.69. The van der Waals surface area contributed by atoms with E-state index in [9.17, 15) is 0 Å². The van der Waals surface area contributed by atoms with E-state index in [-0.39, 0.29) is 0 Å². The average molecular weight is 778 g/mol. The van der Waals surface area contributed by atoms with Gasteiger partial charge in [-0.2, -0.15) is 0 Å². The van der Waals surface area contributed by atoms with Gasteiger partial charge in [0.1, 0.15) is 11.5 Å². The Hall–Kier alpha value is -8.28. The second kappa shape index (κ2) is 13.1. The minimum absolute atomic E-state index is 0.868. The fraction of sp³-hybridized carbons (Fsp3) is 0. The number of para-hydroxylation sites is 6. The summed E-state index contributed by atoms with van der Waals surface area (Å²) < 4.78 is 6.97. The van der Waals surface area contributed by atoms with Crippen molar-refractivity contribution < 1.29 is 0 Å². The Morgan fingerprint density at radius 3 is 1.23 bits per heavy atom. The van der Waals surface area contributed by atoms with Gasteiger partial charge >= 0.3 is 0 Å². The first-order valence-electron chi connectivity index (χ1n) is 20.8. The highest BCUT2D eigenvalue weighted by Crippen LogP contribution is 2.41. The van der Waals surface area contributed by atoms with Crippen LogP contribution in [0.3, 0.4) is 0 Å². The van der Waals surface area contributed by atoms with Crippen molar-refractivity contribution in [2.45, 2.75) is 0 Å². The van der Waals surface area contributed by atoms with Crippen molar-refractivity contribution in [3.63, 3.8) is 0 Å². The maximum absolute atomic E-state index is 5.46. The Morgan fingerprint density at radius 1 is 0.295 bits per heavy atom. The maximum Gasteiger partial charge on any atom is 0.149 e. The van der Waals surface area contributed by atoms with E-state index in [4.69, 9.17) is 9.97 Å². The van der Waals surface area contributed by atoms with Gasteiger partial charge in [-0.1, -0.05) is 140 Å². The second-order valence-electron chi connectivity index (χ2n) is 15.8. The highest BCUT2D eigenvalue weighted by Gasteiger charge is 2.20. The third-order valence-corrected chi connectivity index (χ3v) is 12.4. The molecule has 9 aromatic carbocycles. The van der Waals surface area contributed by atoms with E-state index in [0.717, 1.165) is 72.6 Å². The van der Waals surface area contributed by atoms with E-state index in [1.54, 1.807) is 0 Å². The van der Waals surface area contributed by atoms with Crippen molar-refractivity contribution in [3.8, 4) is 45.0 Å². The summed E-state index contributed by atoms with van der Waals surface area (Å²) >= 11 is 0. The van der Waals surface area contributed by atoms with Crippen LogP contribution < -0.4 is 0 Å². The lowest BCUT2D eigenvalue weighted by Crippen LogP contribution is -1.99. The molecule has 0 radical (unpaired) electrons. The number of rotatable bonds is 5. The lowest BCUT2D eigenvalue weighted by molar-refractivity contribution is 1.16. The molecule has 0 amide bonds. The van der Waals surface area contributed by atoms with Gasteiger partial charge in [0.25, 0.3) is 0 Å². The quantitative estimate of drug-likeness (QED) is 0.175. The van der Waals surface area contributed by atoms with Gasteiger partial charge in [0, 0.05) is 43.9 Å². The molecular weight excluding hydrogens is 743 g/mol. The maximum atomic E-state index is 5.46. The molecular formula is C56H35N5. The number of fused-ring (bicyclic) bond motifs is 11. The lowest BCUT2D eigenvalue weighted by atomic mass is 9.92. The summed E-state index contributed by atoms with van der Waals surface area (Å²) in [4.78, 5) is 10.7. The number of nitrogens with zero attached hydrogens (tertiary/aromatic N) is 5. The molecule has 5 nitrogen and oxygen atoms in total. The van der Waals surface area contributed by atoms with E-state index >= 15 is 0 Å². The van der Waals surface area contributed by atoms with Gasteiger partial charge in [-0.3, -0.25) is 4.40 Å². The van der Waals surface area contributed by atoms with Crippen LogP contribution >= 0.6 is 0 Å². The average Bonchev–Trinajstić information content (AvgIpc) is 4.00. The van der Waals surface area contributed by atoms with Gasteiger partial charge in [0.2, 0.25) is 0 Å². The molecule has 0 aliphatic rings. The molecule has 13 aromatic rings. The van der Waals surface area contributed by atoms with Crippen LogP contribution in [0.4, 0.5) is 0 Å². The molecule has 13 rings (SSSR count).